The van der Waals surface area contributed by atoms with Crippen LogP contribution in [0.25, 0.3) is 56.4 Å². The van der Waals surface area contributed by atoms with Crippen LogP contribution in [0.5, 0.6) is 5.75 Å². The van der Waals surface area contributed by atoms with E-state index in [1.807, 2.05) is 83.6 Å². The lowest BCUT2D eigenvalue weighted by atomic mass is 10.2. The molecule has 0 aliphatic rings. The molecule has 63 heavy (non-hydrogen) atoms. The van der Waals surface area contributed by atoms with Crippen molar-refractivity contribution < 1.29 is 4.74 Å². The molecule has 0 amide bonds. The molecule has 0 radical (unpaired) electrons. The van der Waals surface area contributed by atoms with E-state index in [4.69, 9.17) is 24.7 Å². The summed E-state index contributed by atoms with van der Waals surface area (Å²) in [6.45, 7) is 22.7. The Morgan fingerprint density at radius 2 is 1.33 bits per heavy atom. The summed E-state index contributed by atoms with van der Waals surface area (Å²) >= 11 is 0. The fourth-order valence-corrected chi connectivity index (χ4v) is 7.25. The molecule has 9 aromatic rings. The van der Waals surface area contributed by atoms with Gasteiger partial charge in [0.15, 0.2) is 23.3 Å². The third kappa shape index (κ3) is 8.57. The second kappa shape index (κ2) is 17.6. The van der Waals surface area contributed by atoms with E-state index in [-0.39, 0.29) is 12.1 Å². The molecule has 0 unspecified atom stereocenters. The number of anilines is 2. The number of hydrogen-bond donors (Lipinski definition) is 2. The standard InChI is InChI=1S/C23H24N8O.C23H26N8/c1-14(2)25-21-23-29-28-15(3)30(23)13-19(26-21)22-27-18-9-8-17(32-4)11-20(18)31(22)12-16-7-5-6-10-24-16;1-7-8-17(24-6)12-31-20-11-15(4)9-10-18(20)27-22(31)19-13-30-16(5)28-29-23(30)21(26-19)25-14(2)3/h5-11,13-14H,12H2,1-4H3,(H,25,26);7-11,13-14H,1,6,12H2,2-5H3,(H,25,26)/b;17-8-. The number of imidazole rings is 2. The Bertz CT molecular complexity index is 3150. The maximum Gasteiger partial charge on any atom is 0.203 e. The zero-order valence-electron chi connectivity index (χ0n) is 36.7. The summed E-state index contributed by atoms with van der Waals surface area (Å²) in [6.07, 6.45) is 9.22. The van der Waals surface area contributed by atoms with Crippen molar-refractivity contribution >= 4 is 51.7 Å². The van der Waals surface area contributed by atoms with Crippen LogP contribution in [0.1, 0.15) is 50.6 Å². The van der Waals surface area contributed by atoms with E-state index >= 15 is 0 Å². The first kappa shape index (κ1) is 41.9. The summed E-state index contributed by atoms with van der Waals surface area (Å²) < 4.78 is 13.6. The van der Waals surface area contributed by atoms with Crippen LogP contribution in [-0.2, 0) is 13.1 Å². The fourth-order valence-electron chi connectivity index (χ4n) is 7.25. The van der Waals surface area contributed by atoms with Crippen molar-refractivity contribution in [2.75, 3.05) is 17.7 Å². The van der Waals surface area contributed by atoms with E-state index in [1.165, 1.54) is 0 Å². The third-order valence-corrected chi connectivity index (χ3v) is 10.2. The molecule has 9 rings (SSSR count). The van der Waals surface area contributed by atoms with Crippen LogP contribution >= 0.6 is 0 Å². The van der Waals surface area contributed by atoms with E-state index in [9.17, 15) is 0 Å². The highest BCUT2D eigenvalue weighted by atomic mass is 16.5. The van der Waals surface area contributed by atoms with Crippen molar-refractivity contribution in [1.29, 1.82) is 0 Å². The SMILES string of the molecule is C=C/C=C(/Cn1c(-c2cn3c(C)nnc3c(NC(C)C)n2)nc2ccc(C)cc21)N=C.COc1ccc2nc(-c3cn4c(C)nnc4c(NC(C)C)n3)n(Cc3ccccn3)c2c1. The number of rotatable bonds is 13. The maximum atomic E-state index is 5.47. The third-order valence-electron chi connectivity index (χ3n) is 10.2. The van der Waals surface area contributed by atoms with Crippen LogP contribution < -0.4 is 15.4 Å². The van der Waals surface area contributed by atoms with Crippen molar-refractivity contribution in [3.8, 4) is 28.8 Å². The van der Waals surface area contributed by atoms with Gasteiger partial charge in [-0.3, -0.25) is 18.8 Å². The molecule has 7 aromatic heterocycles. The number of aryl methyl sites for hydroxylation is 3. The minimum atomic E-state index is 0.190. The summed E-state index contributed by atoms with van der Waals surface area (Å²) in [7, 11) is 1.66. The lowest BCUT2D eigenvalue weighted by Crippen LogP contribution is -2.14. The summed E-state index contributed by atoms with van der Waals surface area (Å²) in [5.41, 5.74) is 9.39. The molecule has 320 valence electrons. The summed E-state index contributed by atoms with van der Waals surface area (Å²) in [5, 5.41) is 23.8. The van der Waals surface area contributed by atoms with Gasteiger partial charge in [-0.25, -0.2) is 19.9 Å². The lowest BCUT2D eigenvalue weighted by molar-refractivity contribution is 0.415. The molecular weight excluding hydrogens is 793 g/mol. The van der Waals surface area contributed by atoms with Crippen molar-refractivity contribution in [2.24, 2.45) is 4.99 Å². The van der Waals surface area contributed by atoms with Gasteiger partial charge < -0.3 is 24.5 Å². The molecule has 0 bridgehead atoms. The predicted octanol–water partition coefficient (Wildman–Crippen LogP) is 8.07. The van der Waals surface area contributed by atoms with E-state index in [0.717, 1.165) is 79.5 Å². The van der Waals surface area contributed by atoms with Gasteiger partial charge in [0.2, 0.25) is 11.3 Å². The van der Waals surface area contributed by atoms with Gasteiger partial charge >= 0.3 is 0 Å². The molecule has 17 nitrogen and oxygen atoms in total. The predicted molar refractivity (Wildman–Crippen MR) is 248 cm³/mol. The van der Waals surface area contributed by atoms with Crippen LogP contribution in [0.3, 0.4) is 0 Å². The summed E-state index contributed by atoms with van der Waals surface area (Å²) in [4.78, 5) is 28.3. The quantitative estimate of drug-likeness (QED) is 0.0843. The van der Waals surface area contributed by atoms with Gasteiger partial charge in [0.25, 0.3) is 0 Å². The number of pyridine rings is 1. The second-order valence-corrected chi connectivity index (χ2v) is 15.7. The zero-order chi connectivity index (χ0) is 44.4. The van der Waals surface area contributed by atoms with E-state index in [1.54, 1.807) is 19.4 Å². The molecule has 0 aliphatic carbocycles. The topological polar surface area (TPSA) is 180 Å². The number of benzene rings is 2. The Labute approximate surface area is 364 Å². The number of aliphatic imine (C=N–C) groups is 1. The molecular formula is C46H50N16O. The maximum absolute atomic E-state index is 5.47. The van der Waals surface area contributed by atoms with Gasteiger partial charge in [0, 0.05) is 36.7 Å². The monoisotopic (exact) mass is 842 g/mol. The minimum Gasteiger partial charge on any atom is -0.497 e. The first-order valence-corrected chi connectivity index (χ1v) is 20.6. The van der Waals surface area contributed by atoms with E-state index in [2.05, 4.69) is 110 Å². The first-order chi connectivity index (χ1) is 30.4. The van der Waals surface area contributed by atoms with Crippen LogP contribution in [0.4, 0.5) is 11.6 Å². The smallest absolute Gasteiger partial charge is 0.203 e. The van der Waals surface area contributed by atoms with Crippen molar-refractivity contribution in [3.63, 3.8) is 0 Å². The molecule has 0 fully saturated rings. The largest absolute Gasteiger partial charge is 0.497 e. The number of hydrogen-bond acceptors (Lipinski definition) is 13. The van der Waals surface area contributed by atoms with Gasteiger partial charge in [-0.05, 0) is 103 Å². The van der Waals surface area contributed by atoms with Crippen molar-refractivity contribution in [1.82, 2.24) is 63.3 Å². The zero-order valence-corrected chi connectivity index (χ0v) is 36.7. The highest BCUT2D eigenvalue weighted by Crippen LogP contribution is 2.31. The molecule has 2 aromatic carbocycles. The van der Waals surface area contributed by atoms with Gasteiger partial charge in [0.1, 0.15) is 28.8 Å². The average Bonchev–Trinajstić information content (AvgIpc) is 4.04. The molecule has 0 saturated heterocycles. The van der Waals surface area contributed by atoms with Crippen LogP contribution in [-0.4, -0.2) is 89.2 Å². The van der Waals surface area contributed by atoms with Crippen molar-refractivity contribution in [3.05, 3.63) is 121 Å². The fraction of sp³-hybridized carbons (Fsp3) is 0.261. The van der Waals surface area contributed by atoms with Crippen LogP contribution in [0.15, 0.2) is 103 Å². The number of allylic oxidation sites excluding steroid dienone is 3. The number of nitrogens with one attached hydrogen (secondary N) is 2. The number of nitrogens with zero attached hydrogens (tertiary/aromatic N) is 14. The second-order valence-electron chi connectivity index (χ2n) is 15.7. The highest BCUT2D eigenvalue weighted by Gasteiger charge is 2.21. The summed E-state index contributed by atoms with van der Waals surface area (Å²) in [6, 6.07) is 18.3. The molecule has 17 heteroatoms. The molecule has 0 saturated carbocycles. The normalized spacial score (nSPS) is 11.8. The Morgan fingerprint density at radius 1 is 0.746 bits per heavy atom. The average molecular weight is 843 g/mol. The minimum absolute atomic E-state index is 0.190. The van der Waals surface area contributed by atoms with Crippen LogP contribution in [0, 0.1) is 20.8 Å². The molecule has 0 spiro atoms. The number of methoxy groups -OCH3 is 1. The lowest BCUT2D eigenvalue weighted by Gasteiger charge is -2.13. The number of ether oxygens (including phenoxy) is 1. The van der Waals surface area contributed by atoms with Gasteiger partial charge in [-0.1, -0.05) is 24.8 Å². The van der Waals surface area contributed by atoms with E-state index < -0.39 is 0 Å². The Kier molecular flexibility index (Phi) is 11.7. The Morgan fingerprint density at radius 3 is 1.87 bits per heavy atom. The van der Waals surface area contributed by atoms with Gasteiger partial charge in [-0.15, -0.1) is 20.4 Å². The van der Waals surface area contributed by atoms with Crippen molar-refractivity contribution in [2.45, 2.75) is 73.6 Å². The first-order valence-electron chi connectivity index (χ1n) is 20.6. The number of fused-ring (bicyclic) bond motifs is 4. The van der Waals surface area contributed by atoms with Gasteiger partial charge in [-0.2, -0.15) is 0 Å². The molecule has 0 atom stereocenters. The Balaban J connectivity index is 0.000000173. The molecule has 0 aliphatic heterocycles. The molecule has 2 N–H and O–H groups in total. The highest BCUT2D eigenvalue weighted by molar-refractivity contribution is 5.83. The van der Waals surface area contributed by atoms with Crippen LogP contribution in [0.2, 0.25) is 0 Å². The molecule has 7 heterocycles. The van der Waals surface area contributed by atoms with E-state index in [0.29, 0.717) is 36.0 Å². The number of aromatic nitrogens is 13. The Hall–Kier alpha value is -7.82. The summed E-state index contributed by atoms with van der Waals surface area (Å²) in [5.74, 6) is 5.15. The van der Waals surface area contributed by atoms with Gasteiger partial charge in [0.05, 0.1) is 53.7 Å².